The molecule has 0 rings (SSSR count). The van der Waals surface area contributed by atoms with Gasteiger partial charge in [-0.2, -0.15) is 0 Å². The van der Waals surface area contributed by atoms with Gasteiger partial charge in [-0.1, -0.05) is 0 Å². The lowest BCUT2D eigenvalue weighted by molar-refractivity contribution is 0.0682. The van der Waals surface area contributed by atoms with Crippen LogP contribution in [0, 0.1) is 0 Å². The Bertz CT molecular complexity index is 222. The third-order valence-corrected chi connectivity index (χ3v) is 5.45. The second-order valence-corrected chi connectivity index (χ2v) is 6.33. The fourth-order valence-corrected chi connectivity index (χ4v) is 4.21. The number of carboxylic acid groups (broad SMARTS) is 1. The minimum atomic E-state index is -2.73. The Kier molecular flexibility index (Phi) is 8.99. The van der Waals surface area contributed by atoms with Crippen LogP contribution in [0.1, 0.15) is 27.7 Å². The van der Waals surface area contributed by atoms with E-state index in [1.807, 2.05) is 20.8 Å². The van der Waals surface area contributed by atoms with Crippen LogP contribution in [0.15, 0.2) is 0 Å². The molecule has 108 valence electrons. The predicted molar refractivity (Wildman–Crippen MR) is 70.7 cm³/mol. The number of amides is 1. The first-order valence-corrected chi connectivity index (χ1v) is 8.38. The zero-order valence-electron chi connectivity index (χ0n) is 11.8. The summed E-state index contributed by atoms with van der Waals surface area (Å²) in [7, 11) is -2.73. The zero-order valence-corrected chi connectivity index (χ0v) is 12.8. The fraction of sp³-hybridized carbons (Fsp3) is 0.909. The minimum absolute atomic E-state index is 0.373. The monoisotopic (exact) mass is 279 g/mol. The molecule has 0 saturated carbocycles. The zero-order chi connectivity index (χ0) is 14.0. The standard InChI is InChI=1S/C11H25NO5Si/c1-5-12(11(13)14)9-10-18(15-6-2,16-7-3)17-8-4/h5-10H2,1-4H3,(H,13,14). The number of nitrogens with zero attached hydrogens (tertiary/aromatic N) is 1. The van der Waals surface area contributed by atoms with E-state index < -0.39 is 14.9 Å². The van der Waals surface area contributed by atoms with Crippen molar-refractivity contribution >= 4 is 14.9 Å². The summed E-state index contributed by atoms with van der Waals surface area (Å²) in [5, 5.41) is 8.98. The smallest absolute Gasteiger partial charge is 0.465 e. The minimum Gasteiger partial charge on any atom is -0.465 e. The van der Waals surface area contributed by atoms with Gasteiger partial charge in [0, 0.05) is 39.0 Å². The van der Waals surface area contributed by atoms with E-state index in [0.29, 0.717) is 39.0 Å². The van der Waals surface area contributed by atoms with Crippen molar-refractivity contribution in [2.24, 2.45) is 0 Å². The molecular weight excluding hydrogens is 254 g/mol. The summed E-state index contributed by atoms with van der Waals surface area (Å²) >= 11 is 0. The average Bonchev–Trinajstić information content (AvgIpc) is 2.30. The molecule has 1 N–H and O–H groups in total. The summed E-state index contributed by atoms with van der Waals surface area (Å²) in [5.74, 6) is 0. The molecule has 0 aromatic rings. The van der Waals surface area contributed by atoms with Crippen LogP contribution in [0.3, 0.4) is 0 Å². The van der Waals surface area contributed by atoms with Crippen molar-refractivity contribution in [1.29, 1.82) is 0 Å². The fourth-order valence-electron chi connectivity index (χ4n) is 1.66. The molecule has 0 heterocycles. The van der Waals surface area contributed by atoms with Crippen molar-refractivity contribution < 1.29 is 23.2 Å². The van der Waals surface area contributed by atoms with Gasteiger partial charge in [-0.15, -0.1) is 0 Å². The molecule has 0 radical (unpaired) electrons. The van der Waals surface area contributed by atoms with Gasteiger partial charge in [-0.3, -0.25) is 0 Å². The molecule has 0 aliphatic carbocycles. The summed E-state index contributed by atoms with van der Waals surface area (Å²) in [6.07, 6.45) is -0.926. The van der Waals surface area contributed by atoms with Crippen molar-refractivity contribution in [1.82, 2.24) is 4.90 Å². The van der Waals surface area contributed by atoms with Crippen LogP contribution in [-0.2, 0) is 13.3 Å². The van der Waals surface area contributed by atoms with E-state index in [1.54, 1.807) is 6.92 Å². The second-order valence-electron chi connectivity index (χ2n) is 3.59. The van der Waals surface area contributed by atoms with Crippen LogP contribution in [0.4, 0.5) is 4.79 Å². The van der Waals surface area contributed by atoms with E-state index in [1.165, 1.54) is 4.90 Å². The lowest BCUT2D eigenvalue weighted by Gasteiger charge is -2.30. The molecule has 0 saturated heterocycles. The van der Waals surface area contributed by atoms with E-state index in [-0.39, 0.29) is 0 Å². The molecule has 0 fully saturated rings. The molecule has 6 nitrogen and oxygen atoms in total. The highest BCUT2D eigenvalue weighted by Gasteiger charge is 2.40. The highest BCUT2D eigenvalue weighted by atomic mass is 28.4. The highest BCUT2D eigenvalue weighted by Crippen LogP contribution is 2.16. The summed E-state index contributed by atoms with van der Waals surface area (Å²) in [6, 6.07) is 0.489. The number of hydrogen-bond donors (Lipinski definition) is 1. The summed E-state index contributed by atoms with van der Waals surface area (Å²) in [4.78, 5) is 12.3. The topological polar surface area (TPSA) is 68.2 Å². The Hall–Kier alpha value is -0.633. The van der Waals surface area contributed by atoms with Crippen LogP contribution in [0.2, 0.25) is 6.04 Å². The molecule has 18 heavy (non-hydrogen) atoms. The Morgan fingerprint density at radius 2 is 1.50 bits per heavy atom. The van der Waals surface area contributed by atoms with Gasteiger partial charge < -0.3 is 23.3 Å². The molecule has 0 aromatic heterocycles. The van der Waals surface area contributed by atoms with Gasteiger partial charge in [0.15, 0.2) is 0 Å². The number of carbonyl (C=O) groups is 1. The molecule has 7 heteroatoms. The molecular formula is C11H25NO5Si. The maximum Gasteiger partial charge on any atom is 0.502 e. The lowest BCUT2D eigenvalue weighted by atomic mass is 10.5. The molecule has 0 aliphatic heterocycles. The normalized spacial score (nSPS) is 11.6. The van der Waals surface area contributed by atoms with Crippen LogP contribution in [0.5, 0.6) is 0 Å². The van der Waals surface area contributed by atoms with Crippen molar-refractivity contribution in [3.8, 4) is 0 Å². The first kappa shape index (κ1) is 17.4. The Morgan fingerprint density at radius 1 is 1.06 bits per heavy atom. The molecule has 0 unspecified atom stereocenters. The molecule has 1 amide bonds. The van der Waals surface area contributed by atoms with Crippen molar-refractivity contribution in [3.63, 3.8) is 0 Å². The van der Waals surface area contributed by atoms with Gasteiger partial charge in [-0.05, 0) is 27.7 Å². The number of rotatable bonds is 10. The Morgan fingerprint density at radius 3 is 1.78 bits per heavy atom. The predicted octanol–water partition coefficient (Wildman–Crippen LogP) is 2.03. The van der Waals surface area contributed by atoms with Crippen LogP contribution in [0.25, 0.3) is 0 Å². The van der Waals surface area contributed by atoms with Gasteiger partial charge in [0.05, 0.1) is 0 Å². The third kappa shape index (κ3) is 5.81. The lowest BCUT2D eigenvalue weighted by Crippen LogP contribution is -2.48. The summed E-state index contributed by atoms with van der Waals surface area (Å²) in [6.45, 7) is 9.79. The van der Waals surface area contributed by atoms with Crippen molar-refractivity contribution in [2.75, 3.05) is 32.9 Å². The molecule has 0 aliphatic rings. The third-order valence-electron chi connectivity index (χ3n) is 2.43. The van der Waals surface area contributed by atoms with Crippen LogP contribution >= 0.6 is 0 Å². The van der Waals surface area contributed by atoms with Crippen LogP contribution in [-0.4, -0.2) is 57.8 Å². The van der Waals surface area contributed by atoms with E-state index in [9.17, 15) is 4.79 Å². The SMILES string of the molecule is CCO[Si](CCN(CC)C(=O)O)(OCC)OCC. The molecule has 0 spiro atoms. The quantitative estimate of drug-likeness (QED) is 0.620. The van der Waals surface area contributed by atoms with E-state index >= 15 is 0 Å². The van der Waals surface area contributed by atoms with Crippen molar-refractivity contribution in [3.05, 3.63) is 0 Å². The van der Waals surface area contributed by atoms with Gasteiger partial charge in [0.25, 0.3) is 0 Å². The van der Waals surface area contributed by atoms with E-state index in [0.717, 1.165) is 0 Å². The number of hydrogen-bond acceptors (Lipinski definition) is 4. The second kappa shape index (κ2) is 9.32. The molecule has 0 bridgehead atoms. The first-order chi connectivity index (χ1) is 8.55. The van der Waals surface area contributed by atoms with Gasteiger partial charge in [0.2, 0.25) is 0 Å². The van der Waals surface area contributed by atoms with Gasteiger partial charge >= 0.3 is 14.9 Å². The van der Waals surface area contributed by atoms with Crippen molar-refractivity contribution in [2.45, 2.75) is 33.7 Å². The largest absolute Gasteiger partial charge is 0.502 e. The van der Waals surface area contributed by atoms with E-state index in [4.69, 9.17) is 18.4 Å². The molecule has 0 aromatic carbocycles. The van der Waals surface area contributed by atoms with Crippen LogP contribution < -0.4 is 0 Å². The first-order valence-electron chi connectivity index (χ1n) is 6.44. The summed E-state index contributed by atoms with van der Waals surface area (Å²) < 4.78 is 17.0. The Balaban J connectivity index is 4.58. The van der Waals surface area contributed by atoms with E-state index in [2.05, 4.69) is 0 Å². The summed E-state index contributed by atoms with van der Waals surface area (Å²) in [5.41, 5.74) is 0. The maximum absolute atomic E-state index is 10.9. The van der Waals surface area contributed by atoms with Gasteiger partial charge in [0.1, 0.15) is 0 Å². The average molecular weight is 279 g/mol. The highest BCUT2D eigenvalue weighted by molar-refractivity contribution is 6.60. The molecule has 0 atom stereocenters. The Labute approximate surface area is 110 Å². The van der Waals surface area contributed by atoms with Gasteiger partial charge in [-0.25, -0.2) is 4.79 Å². The maximum atomic E-state index is 10.9.